The zero-order chi connectivity index (χ0) is 17.0. The van der Waals surface area contributed by atoms with E-state index in [9.17, 15) is 4.79 Å². The van der Waals surface area contributed by atoms with Crippen LogP contribution in [0.25, 0.3) is 0 Å². The molecule has 0 bridgehead atoms. The summed E-state index contributed by atoms with van der Waals surface area (Å²) < 4.78 is 2.07. The molecule has 2 aromatic heterocycles. The molecule has 2 rings (SSSR count). The maximum absolute atomic E-state index is 12.1. The number of nitrogens with zero attached hydrogens (tertiary/aromatic N) is 2. The molecule has 5 heteroatoms. The Hall–Kier alpha value is -1.62. The fourth-order valence-corrected chi connectivity index (χ4v) is 3.56. The maximum atomic E-state index is 12.1. The van der Waals surface area contributed by atoms with E-state index in [1.165, 1.54) is 21.7 Å². The highest BCUT2D eigenvalue weighted by Crippen LogP contribution is 2.17. The third-order valence-electron chi connectivity index (χ3n) is 4.09. The standard InChI is InChI=1S/C18H27N3OS/c1-12(2)11-21-15(5)16(14(4)20-21)6-7-18(22)19-10-17-13(3)8-9-23-17/h8-9,12H,6-7,10-11H2,1-5H3,(H,19,22). The van der Waals surface area contributed by atoms with Gasteiger partial charge in [-0.15, -0.1) is 11.3 Å². The third kappa shape index (κ3) is 4.67. The van der Waals surface area contributed by atoms with Crippen molar-refractivity contribution in [2.24, 2.45) is 5.92 Å². The molecule has 0 radical (unpaired) electrons. The predicted octanol–water partition coefficient (Wildman–Crippen LogP) is 3.77. The Bertz CT molecular complexity index is 670. The van der Waals surface area contributed by atoms with Crippen molar-refractivity contribution in [1.82, 2.24) is 15.1 Å². The molecule has 0 atom stereocenters. The minimum Gasteiger partial charge on any atom is -0.351 e. The number of rotatable bonds is 7. The quantitative estimate of drug-likeness (QED) is 0.838. The highest BCUT2D eigenvalue weighted by atomic mass is 32.1. The van der Waals surface area contributed by atoms with Gasteiger partial charge < -0.3 is 5.32 Å². The first kappa shape index (κ1) is 17.7. The first-order valence-corrected chi connectivity index (χ1v) is 9.09. The van der Waals surface area contributed by atoms with Gasteiger partial charge in [0, 0.05) is 23.5 Å². The summed E-state index contributed by atoms with van der Waals surface area (Å²) in [5.41, 5.74) is 4.70. The van der Waals surface area contributed by atoms with Crippen LogP contribution in [0.5, 0.6) is 0 Å². The van der Waals surface area contributed by atoms with Crippen molar-refractivity contribution in [3.05, 3.63) is 38.8 Å². The second-order valence-corrected chi connectivity index (χ2v) is 7.53. The number of hydrogen-bond acceptors (Lipinski definition) is 3. The van der Waals surface area contributed by atoms with E-state index in [2.05, 4.69) is 54.2 Å². The Balaban J connectivity index is 1.89. The first-order valence-electron chi connectivity index (χ1n) is 8.21. The highest BCUT2D eigenvalue weighted by Gasteiger charge is 2.14. The molecule has 0 unspecified atom stereocenters. The number of nitrogens with one attached hydrogen (secondary N) is 1. The summed E-state index contributed by atoms with van der Waals surface area (Å²) in [4.78, 5) is 13.3. The fourth-order valence-electron chi connectivity index (χ4n) is 2.71. The molecule has 0 saturated carbocycles. The van der Waals surface area contributed by atoms with E-state index in [-0.39, 0.29) is 5.91 Å². The van der Waals surface area contributed by atoms with E-state index in [4.69, 9.17) is 0 Å². The number of thiophene rings is 1. The maximum Gasteiger partial charge on any atom is 0.220 e. The van der Waals surface area contributed by atoms with Crippen molar-refractivity contribution in [2.45, 2.75) is 60.5 Å². The van der Waals surface area contributed by atoms with Crippen LogP contribution in [0.4, 0.5) is 0 Å². The van der Waals surface area contributed by atoms with Crippen LogP contribution in [-0.2, 0) is 24.3 Å². The van der Waals surface area contributed by atoms with Crippen LogP contribution in [0, 0.1) is 26.7 Å². The molecule has 23 heavy (non-hydrogen) atoms. The van der Waals surface area contributed by atoms with E-state index >= 15 is 0 Å². The molecule has 0 saturated heterocycles. The lowest BCUT2D eigenvalue weighted by atomic mass is 10.1. The van der Waals surface area contributed by atoms with Crippen LogP contribution in [0.2, 0.25) is 0 Å². The molecule has 4 nitrogen and oxygen atoms in total. The van der Waals surface area contributed by atoms with Gasteiger partial charge in [-0.25, -0.2) is 0 Å². The van der Waals surface area contributed by atoms with E-state index < -0.39 is 0 Å². The largest absolute Gasteiger partial charge is 0.351 e. The van der Waals surface area contributed by atoms with Crippen LogP contribution in [0.15, 0.2) is 11.4 Å². The molecule has 0 aliphatic rings. The Morgan fingerprint density at radius 1 is 1.35 bits per heavy atom. The number of hydrogen-bond donors (Lipinski definition) is 1. The molecule has 2 heterocycles. The normalized spacial score (nSPS) is 11.2. The second kappa shape index (κ2) is 7.77. The van der Waals surface area contributed by atoms with Crippen molar-refractivity contribution in [3.8, 4) is 0 Å². The summed E-state index contributed by atoms with van der Waals surface area (Å²) in [5, 5.41) is 9.69. The van der Waals surface area contributed by atoms with Gasteiger partial charge in [0.15, 0.2) is 0 Å². The van der Waals surface area contributed by atoms with Crippen LogP contribution < -0.4 is 5.32 Å². The Kier molecular flexibility index (Phi) is 5.99. The number of amides is 1. The van der Waals surface area contributed by atoms with Gasteiger partial charge in [0.25, 0.3) is 0 Å². The number of carbonyl (C=O) groups is 1. The lowest BCUT2D eigenvalue weighted by molar-refractivity contribution is -0.121. The summed E-state index contributed by atoms with van der Waals surface area (Å²) in [6.45, 7) is 12.2. The lowest BCUT2D eigenvalue weighted by Crippen LogP contribution is -2.23. The van der Waals surface area contributed by atoms with E-state index in [0.717, 1.165) is 18.7 Å². The van der Waals surface area contributed by atoms with E-state index in [0.29, 0.717) is 18.9 Å². The first-order chi connectivity index (χ1) is 10.9. The molecular weight excluding hydrogens is 306 g/mol. The zero-order valence-corrected chi connectivity index (χ0v) is 15.6. The van der Waals surface area contributed by atoms with Crippen LogP contribution in [-0.4, -0.2) is 15.7 Å². The van der Waals surface area contributed by atoms with Crippen molar-refractivity contribution >= 4 is 17.2 Å². The van der Waals surface area contributed by atoms with Crippen molar-refractivity contribution < 1.29 is 4.79 Å². The summed E-state index contributed by atoms with van der Waals surface area (Å²) in [7, 11) is 0. The van der Waals surface area contributed by atoms with Crippen LogP contribution in [0.3, 0.4) is 0 Å². The van der Waals surface area contributed by atoms with Gasteiger partial charge in [0.1, 0.15) is 0 Å². The average molecular weight is 334 g/mol. The van der Waals surface area contributed by atoms with E-state index in [1.54, 1.807) is 11.3 Å². The summed E-state index contributed by atoms with van der Waals surface area (Å²) in [6, 6.07) is 2.09. The monoisotopic (exact) mass is 333 g/mol. The fraction of sp³-hybridized carbons (Fsp3) is 0.556. The topological polar surface area (TPSA) is 46.9 Å². The van der Waals surface area contributed by atoms with E-state index in [1.807, 2.05) is 6.92 Å². The Labute approximate surface area is 142 Å². The van der Waals surface area contributed by atoms with Crippen molar-refractivity contribution in [3.63, 3.8) is 0 Å². The molecule has 0 aromatic carbocycles. The molecule has 1 amide bonds. The summed E-state index contributed by atoms with van der Waals surface area (Å²) in [6.07, 6.45) is 1.27. The summed E-state index contributed by atoms with van der Waals surface area (Å²) >= 11 is 1.69. The van der Waals surface area contributed by atoms with Crippen molar-refractivity contribution in [2.75, 3.05) is 0 Å². The van der Waals surface area contributed by atoms with Gasteiger partial charge in [0.05, 0.1) is 12.2 Å². The second-order valence-electron chi connectivity index (χ2n) is 6.53. The number of aromatic nitrogens is 2. The van der Waals surface area contributed by atoms with Crippen LogP contribution in [0.1, 0.15) is 47.7 Å². The predicted molar refractivity (Wildman–Crippen MR) is 95.8 cm³/mol. The molecule has 2 aromatic rings. The Morgan fingerprint density at radius 2 is 2.09 bits per heavy atom. The minimum absolute atomic E-state index is 0.105. The van der Waals surface area contributed by atoms with Crippen LogP contribution >= 0.6 is 11.3 Å². The summed E-state index contributed by atoms with van der Waals surface area (Å²) in [5.74, 6) is 0.673. The smallest absolute Gasteiger partial charge is 0.220 e. The highest BCUT2D eigenvalue weighted by molar-refractivity contribution is 7.10. The van der Waals surface area contributed by atoms with Crippen molar-refractivity contribution in [1.29, 1.82) is 0 Å². The van der Waals surface area contributed by atoms with Gasteiger partial charge in [-0.1, -0.05) is 13.8 Å². The Morgan fingerprint density at radius 3 is 2.70 bits per heavy atom. The van der Waals surface area contributed by atoms with Gasteiger partial charge >= 0.3 is 0 Å². The molecule has 0 spiro atoms. The molecule has 1 N–H and O–H groups in total. The minimum atomic E-state index is 0.105. The van der Waals surface area contributed by atoms with Gasteiger partial charge in [-0.3, -0.25) is 9.48 Å². The lowest BCUT2D eigenvalue weighted by Gasteiger charge is -2.08. The molecule has 126 valence electrons. The molecule has 0 aliphatic heterocycles. The third-order valence-corrected chi connectivity index (χ3v) is 5.11. The number of carbonyl (C=O) groups excluding carboxylic acids is 1. The molecule has 0 aliphatic carbocycles. The van der Waals surface area contributed by atoms with Gasteiger partial charge in [-0.05, 0) is 55.7 Å². The molecule has 0 fully saturated rings. The van der Waals surface area contributed by atoms with Gasteiger partial charge in [-0.2, -0.15) is 5.10 Å². The van der Waals surface area contributed by atoms with Gasteiger partial charge in [0.2, 0.25) is 5.91 Å². The number of aryl methyl sites for hydroxylation is 2. The average Bonchev–Trinajstić information content (AvgIpc) is 2.99. The molecular formula is C18H27N3OS. The SMILES string of the molecule is Cc1ccsc1CNC(=O)CCc1c(C)nn(CC(C)C)c1C. The zero-order valence-electron chi connectivity index (χ0n) is 14.8.